The lowest BCUT2D eigenvalue weighted by molar-refractivity contribution is 0.0599. The summed E-state index contributed by atoms with van der Waals surface area (Å²) in [5.74, 6) is -0.0271. The van der Waals surface area contributed by atoms with Crippen molar-refractivity contribution in [2.45, 2.75) is 50.7 Å². The number of carbonyl (C=O) groups is 1. The molecule has 1 amide bonds. The van der Waals surface area contributed by atoms with E-state index < -0.39 is 0 Å². The highest BCUT2D eigenvalue weighted by atomic mass is 35.5. The van der Waals surface area contributed by atoms with Gasteiger partial charge in [-0.1, -0.05) is 11.6 Å². The van der Waals surface area contributed by atoms with Crippen molar-refractivity contribution < 1.29 is 9.53 Å². The van der Waals surface area contributed by atoms with Gasteiger partial charge in [0.2, 0.25) is 0 Å². The van der Waals surface area contributed by atoms with Crippen LogP contribution in [-0.2, 0) is 4.74 Å². The van der Waals surface area contributed by atoms with Crippen LogP contribution in [0.4, 0.5) is 5.69 Å². The minimum absolute atomic E-state index is 0.0271. The zero-order valence-electron chi connectivity index (χ0n) is 13.7. The Morgan fingerprint density at radius 2 is 1.91 bits per heavy atom. The summed E-state index contributed by atoms with van der Waals surface area (Å²) in [5, 5.41) is 3.80. The highest BCUT2D eigenvalue weighted by Gasteiger charge is 2.23. The molecule has 1 aliphatic carbocycles. The van der Waals surface area contributed by atoms with Gasteiger partial charge >= 0.3 is 0 Å². The maximum Gasteiger partial charge on any atom is 0.251 e. The highest BCUT2D eigenvalue weighted by molar-refractivity contribution is 6.33. The van der Waals surface area contributed by atoms with Gasteiger partial charge in [0.05, 0.1) is 16.8 Å². The fourth-order valence-corrected chi connectivity index (χ4v) is 3.87. The van der Waals surface area contributed by atoms with E-state index in [1.165, 1.54) is 12.8 Å². The standard InChI is InChI=1S/C18H25ClN2O2/c1-23-15-7-5-14(6-8-15)20-18(22)13-4-9-17(16(19)12-13)21-10-2-3-11-21/h4,9,12,14-15H,2-3,5-8,10-11H2,1H3,(H,20,22). The first-order valence-electron chi connectivity index (χ1n) is 8.55. The largest absolute Gasteiger partial charge is 0.381 e. The van der Waals surface area contributed by atoms with E-state index in [-0.39, 0.29) is 11.9 Å². The van der Waals surface area contributed by atoms with E-state index >= 15 is 0 Å². The topological polar surface area (TPSA) is 41.6 Å². The molecule has 0 radical (unpaired) electrons. The molecule has 1 aromatic rings. The van der Waals surface area contributed by atoms with Gasteiger partial charge in [0, 0.05) is 31.8 Å². The third kappa shape index (κ3) is 3.99. The van der Waals surface area contributed by atoms with Gasteiger partial charge in [-0.2, -0.15) is 0 Å². The number of hydrogen-bond donors (Lipinski definition) is 1. The van der Waals surface area contributed by atoms with Gasteiger partial charge in [0.1, 0.15) is 0 Å². The molecule has 0 bridgehead atoms. The summed E-state index contributed by atoms with van der Waals surface area (Å²) in [6.45, 7) is 2.10. The van der Waals surface area contributed by atoms with Crippen molar-refractivity contribution in [1.82, 2.24) is 5.32 Å². The van der Waals surface area contributed by atoms with E-state index in [4.69, 9.17) is 16.3 Å². The fourth-order valence-electron chi connectivity index (χ4n) is 3.57. The third-order valence-electron chi connectivity index (χ3n) is 5.00. The fraction of sp³-hybridized carbons (Fsp3) is 0.611. The second-order valence-electron chi connectivity index (χ2n) is 6.54. The predicted octanol–water partition coefficient (Wildman–Crippen LogP) is 3.63. The lowest BCUT2D eigenvalue weighted by atomic mass is 9.93. The van der Waals surface area contributed by atoms with Gasteiger partial charge in [-0.15, -0.1) is 0 Å². The van der Waals surface area contributed by atoms with Gasteiger partial charge in [-0.25, -0.2) is 0 Å². The number of methoxy groups -OCH3 is 1. The van der Waals surface area contributed by atoms with Gasteiger partial charge in [-0.05, 0) is 56.7 Å². The normalized spacial score (nSPS) is 24.7. The average Bonchev–Trinajstić information content (AvgIpc) is 3.09. The van der Waals surface area contributed by atoms with Crippen LogP contribution in [0.1, 0.15) is 48.9 Å². The second kappa shape index (κ2) is 7.54. The molecule has 0 aromatic heterocycles. The van der Waals surface area contributed by atoms with E-state index in [0.29, 0.717) is 16.7 Å². The summed E-state index contributed by atoms with van der Waals surface area (Å²) in [6, 6.07) is 5.90. The number of carbonyl (C=O) groups excluding carboxylic acids is 1. The first kappa shape index (κ1) is 16.6. The molecular formula is C18H25ClN2O2. The van der Waals surface area contributed by atoms with Crippen molar-refractivity contribution in [3.63, 3.8) is 0 Å². The Labute approximate surface area is 143 Å². The molecule has 1 aliphatic heterocycles. The Balaban J connectivity index is 1.60. The maximum atomic E-state index is 12.4. The molecule has 2 fully saturated rings. The van der Waals surface area contributed by atoms with E-state index in [1.54, 1.807) is 13.2 Å². The number of benzene rings is 1. The number of halogens is 1. The summed E-state index contributed by atoms with van der Waals surface area (Å²) >= 11 is 6.40. The van der Waals surface area contributed by atoms with Crippen LogP contribution in [0.3, 0.4) is 0 Å². The molecule has 1 heterocycles. The molecule has 4 nitrogen and oxygen atoms in total. The number of ether oxygens (including phenoxy) is 1. The number of nitrogens with zero attached hydrogens (tertiary/aromatic N) is 1. The molecule has 3 rings (SSSR count). The zero-order chi connectivity index (χ0) is 16.2. The van der Waals surface area contributed by atoms with E-state index in [1.807, 2.05) is 12.1 Å². The van der Waals surface area contributed by atoms with Crippen molar-refractivity contribution in [3.8, 4) is 0 Å². The Hall–Kier alpha value is -1.26. The van der Waals surface area contributed by atoms with E-state index in [2.05, 4.69) is 10.2 Å². The van der Waals surface area contributed by atoms with Crippen molar-refractivity contribution >= 4 is 23.2 Å². The molecule has 1 saturated heterocycles. The van der Waals surface area contributed by atoms with E-state index in [0.717, 1.165) is 44.5 Å². The molecule has 1 N–H and O–H groups in total. The number of amides is 1. The molecule has 1 aromatic carbocycles. The number of rotatable bonds is 4. The van der Waals surface area contributed by atoms with Gasteiger partial charge in [-0.3, -0.25) is 4.79 Å². The minimum atomic E-state index is -0.0271. The predicted molar refractivity (Wildman–Crippen MR) is 93.4 cm³/mol. The maximum absolute atomic E-state index is 12.4. The lowest BCUT2D eigenvalue weighted by Crippen LogP contribution is -2.38. The van der Waals surface area contributed by atoms with Crippen LogP contribution in [0.15, 0.2) is 18.2 Å². The van der Waals surface area contributed by atoms with E-state index in [9.17, 15) is 4.79 Å². The summed E-state index contributed by atoms with van der Waals surface area (Å²) in [5.41, 5.74) is 1.69. The molecule has 0 atom stereocenters. The zero-order valence-corrected chi connectivity index (χ0v) is 14.4. The monoisotopic (exact) mass is 336 g/mol. The van der Waals surface area contributed by atoms with Crippen LogP contribution in [0.25, 0.3) is 0 Å². The molecule has 1 saturated carbocycles. The van der Waals surface area contributed by atoms with Crippen molar-refractivity contribution in [2.75, 3.05) is 25.1 Å². The van der Waals surface area contributed by atoms with Crippen LogP contribution in [0.2, 0.25) is 5.02 Å². The van der Waals surface area contributed by atoms with Crippen LogP contribution in [0.5, 0.6) is 0 Å². The molecule has 23 heavy (non-hydrogen) atoms. The Morgan fingerprint density at radius 3 is 2.52 bits per heavy atom. The SMILES string of the molecule is COC1CCC(NC(=O)c2ccc(N3CCCC3)c(Cl)c2)CC1. The van der Waals surface area contributed by atoms with Crippen molar-refractivity contribution in [3.05, 3.63) is 28.8 Å². The van der Waals surface area contributed by atoms with Gasteiger partial charge < -0.3 is 15.0 Å². The minimum Gasteiger partial charge on any atom is -0.381 e. The van der Waals surface area contributed by atoms with Crippen molar-refractivity contribution in [2.24, 2.45) is 0 Å². The molecule has 0 spiro atoms. The Kier molecular flexibility index (Phi) is 5.44. The number of anilines is 1. The van der Waals surface area contributed by atoms with Crippen LogP contribution in [-0.4, -0.2) is 38.3 Å². The summed E-state index contributed by atoms with van der Waals surface area (Å²) in [6.07, 6.45) is 6.74. The average molecular weight is 337 g/mol. The van der Waals surface area contributed by atoms with Crippen LogP contribution >= 0.6 is 11.6 Å². The van der Waals surface area contributed by atoms with Crippen molar-refractivity contribution in [1.29, 1.82) is 0 Å². The quantitative estimate of drug-likeness (QED) is 0.913. The molecule has 126 valence electrons. The van der Waals surface area contributed by atoms with Gasteiger partial charge in [0.15, 0.2) is 0 Å². The first-order chi connectivity index (χ1) is 11.2. The summed E-state index contributed by atoms with van der Waals surface area (Å²) in [7, 11) is 1.76. The second-order valence-corrected chi connectivity index (χ2v) is 6.95. The first-order valence-corrected chi connectivity index (χ1v) is 8.93. The number of nitrogens with one attached hydrogen (secondary N) is 1. The van der Waals surface area contributed by atoms with Crippen LogP contribution < -0.4 is 10.2 Å². The molecular weight excluding hydrogens is 312 g/mol. The summed E-state index contributed by atoms with van der Waals surface area (Å²) < 4.78 is 5.37. The summed E-state index contributed by atoms with van der Waals surface area (Å²) in [4.78, 5) is 14.7. The Morgan fingerprint density at radius 1 is 1.22 bits per heavy atom. The Bertz CT molecular complexity index is 550. The van der Waals surface area contributed by atoms with Gasteiger partial charge in [0.25, 0.3) is 5.91 Å². The molecule has 0 unspecified atom stereocenters. The third-order valence-corrected chi connectivity index (χ3v) is 5.30. The smallest absolute Gasteiger partial charge is 0.251 e. The number of hydrogen-bond acceptors (Lipinski definition) is 3. The molecule has 2 aliphatic rings. The highest BCUT2D eigenvalue weighted by Crippen LogP contribution is 2.30. The van der Waals surface area contributed by atoms with Crippen LogP contribution in [0, 0.1) is 0 Å². The molecule has 5 heteroatoms. The lowest BCUT2D eigenvalue weighted by Gasteiger charge is -2.28.